The molecule has 11 nitrogen and oxygen atoms in total. The highest BCUT2D eigenvalue weighted by Crippen LogP contribution is 2.45. The van der Waals surface area contributed by atoms with Crippen LogP contribution in [0.2, 0.25) is 5.02 Å². The van der Waals surface area contributed by atoms with Gasteiger partial charge < -0.3 is 33.9 Å². The van der Waals surface area contributed by atoms with Crippen molar-refractivity contribution in [2.24, 2.45) is 5.41 Å². The average molecular weight is 709 g/mol. The summed E-state index contributed by atoms with van der Waals surface area (Å²) in [4.78, 5) is 53.5. The SMILES string of the molecule is CCOC(=O)CCc1cccc(NC(=O)C[C@H]2O[C@H](c3cccc(OC)c3OC)c3cc(Cl)ccc3N(CC(C)(C)COC(C)=O)C2=O)c1C. The van der Waals surface area contributed by atoms with Crippen molar-refractivity contribution in [3.8, 4) is 11.5 Å². The van der Waals surface area contributed by atoms with Crippen LogP contribution in [0, 0.1) is 12.3 Å². The minimum absolute atomic E-state index is 0.0555. The first-order chi connectivity index (χ1) is 23.8. The van der Waals surface area contributed by atoms with E-state index in [9.17, 15) is 19.2 Å². The third kappa shape index (κ3) is 9.34. The largest absolute Gasteiger partial charge is 0.493 e. The summed E-state index contributed by atoms with van der Waals surface area (Å²) in [5.74, 6) is -0.774. The number of esters is 2. The van der Waals surface area contributed by atoms with Crippen LogP contribution in [0.15, 0.2) is 54.6 Å². The monoisotopic (exact) mass is 708 g/mol. The van der Waals surface area contributed by atoms with Crippen LogP contribution in [-0.2, 0) is 39.8 Å². The second-order valence-electron chi connectivity index (χ2n) is 12.8. The number of rotatable bonds is 14. The molecule has 1 aliphatic rings. The molecule has 0 spiro atoms. The minimum atomic E-state index is -1.25. The van der Waals surface area contributed by atoms with Crippen molar-refractivity contribution >= 4 is 46.7 Å². The maximum atomic E-state index is 14.6. The molecule has 0 aromatic heterocycles. The van der Waals surface area contributed by atoms with E-state index in [1.807, 2.05) is 32.9 Å². The zero-order chi connectivity index (χ0) is 36.6. The zero-order valence-corrected chi connectivity index (χ0v) is 30.3. The van der Waals surface area contributed by atoms with Gasteiger partial charge in [0.2, 0.25) is 5.91 Å². The Morgan fingerprint density at radius 1 is 1.00 bits per heavy atom. The van der Waals surface area contributed by atoms with E-state index in [-0.39, 0.29) is 32.0 Å². The summed E-state index contributed by atoms with van der Waals surface area (Å²) in [5, 5.41) is 3.36. The molecule has 1 heterocycles. The standard InChI is InChI=1S/C38H45ClN2O9/c1-8-48-34(44)18-15-25-11-9-13-29(23(25)2)40-33(43)20-32-37(45)41(21-38(4,5)22-49-24(3)42)30-17-16-26(39)19-28(30)35(50-32)27-12-10-14-31(46-6)36(27)47-7/h9-14,16-17,19,32,35H,8,15,18,20-22H2,1-7H3,(H,40,43)/t32-,35-/m1/s1. The molecule has 3 aromatic rings. The molecule has 0 aliphatic carbocycles. The Kier molecular flexibility index (Phi) is 12.9. The Morgan fingerprint density at radius 3 is 2.42 bits per heavy atom. The molecule has 0 bridgehead atoms. The van der Waals surface area contributed by atoms with Gasteiger partial charge in [-0.1, -0.05) is 49.7 Å². The van der Waals surface area contributed by atoms with E-state index in [4.69, 9.17) is 35.3 Å². The number of para-hydroxylation sites is 1. The molecule has 1 aliphatic heterocycles. The molecule has 4 rings (SSSR count). The highest BCUT2D eigenvalue weighted by atomic mass is 35.5. The van der Waals surface area contributed by atoms with Gasteiger partial charge in [-0.2, -0.15) is 0 Å². The fourth-order valence-electron chi connectivity index (χ4n) is 5.93. The molecule has 0 fully saturated rings. The number of fused-ring (bicyclic) bond motifs is 1. The van der Waals surface area contributed by atoms with Crippen molar-refractivity contribution in [1.29, 1.82) is 0 Å². The highest BCUT2D eigenvalue weighted by Gasteiger charge is 2.41. The lowest BCUT2D eigenvalue weighted by atomic mass is 9.92. The summed E-state index contributed by atoms with van der Waals surface area (Å²) in [6.07, 6.45) is -1.82. The lowest BCUT2D eigenvalue weighted by molar-refractivity contribution is -0.144. The predicted octanol–water partition coefficient (Wildman–Crippen LogP) is 6.60. The topological polar surface area (TPSA) is 130 Å². The Balaban J connectivity index is 1.74. The van der Waals surface area contributed by atoms with Crippen LogP contribution in [0.5, 0.6) is 11.5 Å². The van der Waals surface area contributed by atoms with Gasteiger partial charge in [0.25, 0.3) is 5.91 Å². The number of nitrogens with one attached hydrogen (secondary N) is 1. The van der Waals surface area contributed by atoms with Crippen molar-refractivity contribution in [2.45, 2.75) is 66.1 Å². The molecule has 0 radical (unpaired) electrons. The van der Waals surface area contributed by atoms with E-state index < -0.39 is 35.4 Å². The zero-order valence-electron chi connectivity index (χ0n) is 29.6. The van der Waals surface area contributed by atoms with Crippen LogP contribution >= 0.6 is 11.6 Å². The van der Waals surface area contributed by atoms with Crippen molar-refractivity contribution < 1.29 is 42.9 Å². The Hall–Kier alpha value is -4.61. The van der Waals surface area contributed by atoms with Gasteiger partial charge in [-0.25, -0.2) is 0 Å². The molecule has 0 saturated carbocycles. The van der Waals surface area contributed by atoms with Gasteiger partial charge in [-0.05, 0) is 61.7 Å². The summed E-state index contributed by atoms with van der Waals surface area (Å²) in [7, 11) is 3.04. The van der Waals surface area contributed by atoms with Crippen molar-refractivity contribution in [3.63, 3.8) is 0 Å². The van der Waals surface area contributed by atoms with Crippen LogP contribution in [-0.4, -0.2) is 63.8 Å². The molecule has 2 amide bonds. The Bertz CT molecular complexity index is 1720. The van der Waals surface area contributed by atoms with E-state index >= 15 is 0 Å². The van der Waals surface area contributed by atoms with Crippen LogP contribution < -0.4 is 19.7 Å². The number of aryl methyl sites for hydroxylation is 1. The van der Waals surface area contributed by atoms with E-state index in [0.29, 0.717) is 52.1 Å². The molecular weight excluding hydrogens is 664 g/mol. The van der Waals surface area contributed by atoms with Gasteiger partial charge in [0, 0.05) is 52.8 Å². The molecule has 0 unspecified atom stereocenters. The number of hydrogen-bond acceptors (Lipinski definition) is 9. The van der Waals surface area contributed by atoms with Gasteiger partial charge in [-0.15, -0.1) is 0 Å². The van der Waals surface area contributed by atoms with Crippen LogP contribution in [0.3, 0.4) is 0 Å². The molecule has 3 aromatic carbocycles. The van der Waals surface area contributed by atoms with Gasteiger partial charge in [0.1, 0.15) is 12.2 Å². The van der Waals surface area contributed by atoms with E-state index in [0.717, 1.165) is 11.1 Å². The average Bonchev–Trinajstić information content (AvgIpc) is 3.17. The molecule has 50 heavy (non-hydrogen) atoms. The van der Waals surface area contributed by atoms with Gasteiger partial charge >= 0.3 is 11.9 Å². The number of ether oxygens (including phenoxy) is 5. The highest BCUT2D eigenvalue weighted by molar-refractivity contribution is 6.30. The number of anilines is 2. The number of amides is 2. The normalized spacial score (nSPS) is 15.8. The number of benzene rings is 3. The molecular formula is C38H45ClN2O9. The first-order valence-corrected chi connectivity index (χ1v) is 16.8. The van der Waals surface area contributed by atoms with Crippen LogP contribution in [0.1, 0.15) is 68.9 Å². The number of nitrogens with zero attached hydrogens (tertiary/aromatic N) is 1. The summed E-state index contributed by atoms with van der Waals surface area (Å²) < 4.78 is 28.4. The number of carbonyl (C=O) groups is 4. The van der Waals surface area contributed by atoms with Crippen LogP contribution in [0.4, 0.5) is 11.4 Å². The van der Waals surface area contributed by atoms with Gasteiger partial charge in [0.05, 0.1) is 33.9 Å². The number of methoxy groups -OCH3 is 2. The first kappa shape index (κ1) is 38.2. The Morgan fingerprint density at radius 2 is 1.74 bits per heavy atom. The smallest absolute Gasteiger partial charge is 0.306 e. The van der Waals surface area contributed by atoms with Gasteiger partial charge in [-0.3, -0.25) is 19.2 Å². The maximum Gasteiger partial charge on any atom is 0.306 e. The molecule has 2 atom stereocenters. The quantitative estimate of drug-likeness (QED) is 0.184. The number of halogens is 1. The third-order valence-corrected chi connectivity index (χ3v) is 8.60. The summed E-state index contributed by atoms with van der Waals surface area (Å²) in [6, 6.07) is 16.0. The number of carbonyl (C=O) groups excluding carboxylic acids is 4. The predicted molar refractivity (Wildman–Crippen MR) is 190 cm³/mol. The second-order valence-corrected chi connectivity index (χ2v) is 13.2. The molecule has 12 heteroatoms. The van der Waals surface area contributed by atoms with E-state index in [1.54, 1.807) is 54.3 Å². The van der Waals surface area contributed by atoms with Gasteiger partial charge in [0.15, 0.2) is 11.5 Å². The minimum Gasteiger partial charge on any atom is -0.493 e. The van der Waals surface area contributed by atoms with Crippen molar-refractivity contribution in [1.82, 2.24) is 0 Å². The maximum absolute atomic E-state index is 14.6. The third-order valence-electron chi connectivity index (χ3n) is 8.37. The Labute approximate surface area is 298 Å². The fraction of sp³-hybridized carbons (Fsp3) is 0.421. The number of hydrogen-bond donors (Lipinski definition) is 1. The van der Waals surface area contributed by atoms with E-state index in [2.05, 4.69) is 5.32 Å². The van der Waals surface area contributed by atoms with Crippen LogP contribution in [0.25, 0.3) is 0 Å². The molecule has 268 valence electrons. The first-order valence-electron chi connectivity index (χ1n) is 16.4. The molecule has 0 saturated heterocycles. The summed E-state index contributed by atoms with van der Waals surface area (Å²) in [5.41, 5.74) is 3.23. The second kappa shape index (κ2) is 16.9. The van der Waals surface area contributed by atoms with E-state index in [1.165, 1.54) is 21.1 Å². The fourth-order valence-corrected chi connectivity index (χ4v) is 6.11. The summed E-state index contributed by atoms with van der Waals surface area (Å²) in [6.45, 7) is 9.21. The summed E-state index contributed by atoms with van der Waals surface area (Å²) >= 11 is 6.55. The lowest BCUT2D eigenvalue weighted by Crippen LogP contribution is -2.46. The lowest BCUT2D eigenvalue weighted by Gasteiger charge is -2.33. The van der Waals surface area contributed by atoms with Crippen molar-refractivity contribution in [2.75, 3.05) is 44.2 Å². The van der Waals surface area contributed by atoms with Crippen molar-refractivity contribution in [3.05, 3.63) is 81.9 Å². The molecule has 1 N–H and O–H groups in total.